The van der Waals surface area contributed by atoms with Gasteiger partial charge in [-0.05, 0) is 82.8 Å². The van der Waals surface area contributed by atoms with Crippen molar-refractivity contribution in [2.24, 2.45) is 5.73 Å². The Kier molecular flexibility index (Phi) is 8.32. The third-order valence-corrected chi connectivity index (χ3v) is 8.68. The molecule has 1 unspecified atom stereocenters. The number of aromatic nitrogens is 3. The Morgan fingerprint density at radius 2 is 1.85 bits per heavy atom. The molecular formula is C33H42N6O2. The average Bonchev–Trinajstić information content (AvgIpc) is 3.30. The van der Waals surface area contributed by atoms with Crippen molar-refractivity contribution in [1.82, 2.24) is 24.3 Å². The number of benzene rings is 1. The van der Waals surface area contributed by atoms with E-state index in [-0.39, 0.29) is 30.7 Å². The van der Waals surface area contributed by atoms with Crippen molar-refractivity contribution in [3.05, 3.63) is 71.8 Å². The maximum Gasteiger partial charge on any atom is 0.242 e. The van der Waals surface area contributed by atoms with Gasteiger partial charge in [0.25, 0.3) is 0 Å². The summed E-state index contributed by atoms with van der Waals surface area (Å²) < 4.78 is 8.10. The summed E-state index contributed by atoms with van der Waals surface area (Å²) in [7, 11) is 0. The van der Waals surface area contributed by atoms with E-state index in [1.165, 1.54) is 11.3 Å². The van der Waals surface area contributed by atoms with Crippen LogP contribution in [-0.4, -0.2) is 68.6 Å². The zero-order valence-electron chi connectivity index (χ0n) is 24.3. The third-order valence-electron chi connectivity index (χ3n) is 8.68. The molecule has 1 amide bonds. The number of morpholine rings is 1. The summed E-state index contributed by atoms with van der Waals surface area (Å²) in [6, 6.07) is 15.0. The molecule has 1 saturated heterocycles. The number of carbonyl (C=O) groups excluding carboxylic acids is 1. The lowest BCUT2D eigenvalue weighted by Gasteiger charge is -2.36. The molecule has 0 spiro atoms. The van der Waals surface area contributed by atoms with Crippen molar-refractivity contribution in [2.45, 2.75) is 77.3 Å². The minimum atomic E-state index is 0.0344. The van der Waals surface area contributed by atoms with E-state index in [1.807, 2.05) is 37.2 Å². The summed E-state index contributed by atoms with van der Waals surface area (Å²) in [6.07, 6.45) is 9.24. The highest BCUT2D eigenvalue weighted by molar-refractivity contribution is 6.09. The number of nitrogens with two attached hydrogens (primary N) is 1. The molecule has 3 aromatic heterocycles. The van der Waals surface area contributed by atoms with Gasteiger partial charge in [-0.1, -0.05) is 24.3 Å². The van der Waals surface area contributed by atoms with Gasteiger partial charge in [0.15, 0.2) is 0 Å². The van der Waals surface area contributed by atoms with Crippen molar-refractivity contribution in [2.75, 3.05) is 26.2 Å². The smallest absolute Gasteiger partial charge is 0.242 e. The van der Waals surface area contributed by atoms with E-state index >= 15 is 0 Å². The number of ether oxygens (including phenoxy) is 1. The summed E-state index contributed by atoms with van der Waals surface area (Å²) in [4.78, 5) is 28.1. The second kappa shape index (κ2) is 12.3. The monoisotopic (exact) mass is 554 g/mol. The molecule has 216 valence electrons. The first-order valence-corrected chi connectivity index (χ1v) is 15.2. The maximum atomic E-state index is 13.7. The Balaban J connectivity index is 1.39. The first-order chi connectivity index (χ1) is 20.0. The van der Waals surface area contributed by atoms with Gasteiger partial charge >= 0.3 is 0 Å². The molecular weight excluding hydrogens is 512 g/mol. The van der Waals surface area contributed by atoms with E-state index in [4.69, 9.17) is 20.4 Å². The molecule has 0 bridgehead atoms. The van der Waals surface area contributed by atoms with E-state index in [0.717, 1.165) is 66.1 Å². The van der Waals surface area contributed by atoms with Crippen LogP contribution in [-0.2, 0) is 29.0 Å². The van der Waals surface area contributed by atoms with E-state index in [9.17, 15) is 4.79 Å². The van der Waals surface area contributed by atoms with Gasteiger partial charge in [-0.15, -0.1) is 0 Å². The van der Waals surface area contributed by atoms with Crippen molar-refractivity contribution in [1.29, 1.82) is 0 Å². The molecule has 1 aromatic carbocycles. The summed E-state index contributed by atoms with van der Waals surface area (Å²) in [6.45, 7) is 7.91. The SMILES string of the molecule is CC1CN(C(=O)Cn2c3ccccc3c3ccnc(CN(CCCCN)[C@H]4CCCc5cccnc54)c32)C[C@H](C)O1. The summed E-state index contributed by atoms with van der Waals surface area (Å²) in [5, 5.41) is 2.30. The second-order valence-corrected chi connectivity index (χ2v) is 11.7. The molecule has 2 N–H and O–H groups in total. The standard InChI is InChI=1S/C33H42N6O2/c1-23-19-38(20-24(2)41-23)31(40)22-39-29-12-4-3-11-26(29)27-14-17-35-28(33(27)39)21-37(18-6-5-15-34)30-13-7-9-25-10-8-16-36-32(25)30/h3-4,8,10-12,14,16-17,23-24,30H,5-7,9,13,15,18-22,34H2,1-2H3/t23-,24?,30-/m0/s1. The van der Waals surface area contributed by atoms with Crippen LogP contribution in [0.25, 0.3) is 21.8 Å². The Labute approximate surface area is 242 Å². The van der Waals surface area contributed by atoms with Crippen LogP contribution in [0.3, 0.4) is 0 Å². The van der Waals surface area contributed by atoms with Gasteiger partial charge in [0.2, 0.25) is 5.91 Å². The molecule has 4 heterocycles. The predicted octanol–water partition coefficient (Wildman–Crippen LogP) is 4.84. The highest BCUT2D eigenvalue weighted by Gasteiger charge is 2.30. The van der Waals surface area contributed by atoms with Crippen LogP contribution in [0.1, 0.15) is 62.5 Å². The largest absolute Gasteiger partial charge is 0.372 e. The van der Waals surface area contributed by atoms with Crippen LogP contribution in [0.15, 0.2) is 54.9 Å². The molecule has 0 radical (unpaired) electrons. The topological polar surface area (TPSA) is 89.5 Å². The molecule has 6 rings (SSSR count). The van der Waals surface area contributed by atoms with Crippen LogP contribution < -0.4 is 5.73 Å². The number of unbranched alkanes of at least 4 members (excludes halogenated alkanes) is 1. The quantitative estimate of drug-likeness (QED) is 0.298. The predicted molar refractivity (Wildman–Crippen MR) is 162 cm³/mol. The number of hydrogen-bond donors (Lipinski definition) is 1. The minimum Gasteiger partial charge on any atom is -0.372 e. The summed E-state index contributed by atoms with van der Waals surface area (Å²) >= 11 is 0. The van der Waals surface area contributed by atoms with Crippen molar-refractivity contribution in [3.63, 3.8) is 0 Å². The Hall–Kier alpha value is -3.33. The van der Waals surface area contributed by atoms with Gasteiger partial charge in [-0.2, -0.15) is 0 Å². The molecule has 1 fully saturated rings. The Morgan fingerprint density at radius 1 is 1.02 bits per heavy atom. The number of carbonyl (C=O) groups is 1. The van der Waals surface area contributed by atoms with Gasteiger partial charge < -0.3 is 19.9 Å². The van der Waals surface area contributed by atoms with Crippen molar-refractivity contribution < 1.29 is 9.53 Å². The average molecular weight is 555 g/mol. The number of aryl methyl sites for hydroxylation is 1. The normalized spacial score (nSPS) is 21.1. The van der Waals surface area contributed by atoms with Crippen molar-refractivity contribution in [3.8, 4) is 0 Å². The van der Waals surface area contributed by atoms with E-state index in [0.29, 0.717) is 26.2 Å². The van der Waals surface area contributed by atoms with Gasteiger partial charge in [-0.25, -0.2) is 0 Å². The summed E-state index contributed by atoms with van der Waals surface area (Å²) in [5.74, 6) is 0.120. The molecule has 2 aliphatic rings. The molecule has 41 heavy (non-hydrogen) atoms. The van der Waals surface area contributed by atoms with E-state index in [2.05, 4.69) is 45.9 Å². The van der Waals surface area contributed by atoms with Gasteiger partial charge in [0.1, 0.15) is 6.54 Å². The molecule has 3 atom stereocenters. The van der Waals surface area contributed by atoms with Crippen LogP contribution in [0.5, 0.6) is 0 Å². The fraction of sp³-hybridized carbons (Fsp3) is 0.485. The molecule has 8 nitrogen and oxygen atoms in total. The van der Waals surface area contributed by atoms with Crippen LogP contribution in [0.2, 0.25) is 0 Å². The fourth-order valence-electron chi connectivity index (χ4n) is 6.91. The van der Waals surface area contributed by atoms with E-state index in [1.54, 1.807) is 0 Å². The number of hydrogen-bond acceptors (Lipinski definition) is 6. The third kappa shape index (κ3) is 5.73. The van der Waals surface area contributed by atoms with Crippen LogP contribution in [0, 0.1) is 0 Å². The lowest BCUT2D eigenvalue weighted by molar-refractivity contribution is -0.143. The molecule has 1 aliphatic heterocycles. The number of para-hydroxylation sites is 1. The van der Waals surface area contributed by atoms with E-state index < -0.39 is 0 Å². The van der Waals surface area contributed by atoms with Gasteiger partial charge in [0, 0.05) is 48.3 Å². The molecule has 4 aromatic rings. The molecule has 1 aliphatic carbocycles. The Bertz CT molecular complexity index is 1510. The lowest BCUT2D eigenvalue weighted by Crippen LogP contribution is -2.49. The Morgan fingerprint density at radius 3 is 2.68 bits per heavy atom. The van der Waals surface area contributed by atoms with Crippen LogP contribution in [0.4, 0.5) is 0 Å². The molecule has 0 saturated carbocycles. The number of rotatable bonds is 9. The van der Waals surface area contributed by atoms with Crippen molar-refractivity contribution >= 4 is 27.7 Å². The first-order valence-electron chi connectivity index (χ1n) is 15.2. The fourth-order valence-corrected chi connectivity index (χ4v) is 6.91. The second-order valence-electron chi connectivity index (χ2n) is 11.7. The van der Waals surface area contributed by atoms with Gasteiger partial charge in [0.05, 0.1) is 35.2 Å². The lowest BCUT2D eigenvalue weighted by atomic mass is 9.90. The number of pyridine rings is 2. The highest BCUT2D eigenvalue weighted by Crippen LogP contribution is 2.36. The maximum absolute atomic E-state index is 13.7. The number of fused-ring (bicyclic) bond motifs is 4. The molecule has 8 heteroatoms. The zero-order valence-corrected chi connectivity index (χ0v) is 24.3. The number of amides is 1. The van der Waals surface area contributed by atoms with Crippen LogP contribution >= 0.6 is 0 Å². The zero-order chi connectivity index (χ0) is 28.3. The minimum absolute atomic E-state index is 0.0344. The first kappa shape index (κ1) is 27.8. The summed E-state index contributed by atoms with van der Waals surface area (Å²) in [5.41, 5.74) is 11.6. The highest BCUT2D eigenvalue weighted by atomic mass is 16.5. The number of nitrogens with zero attached hydrogens (tertiary/aromatic N) is 5. The van der Waals surface area contributed by atoms with Gasteiger partial charge in [-0.3, -0.25) is 19.7 Å².